The van der Waals surface area contributed by atoms with Crippen molar-refractivity contribution in [2.75, 3.05) is 11.6 Å². The Labute approximate surface area is 75.2 Å². The predicted octanol–water partition coefficient (Wildman–Crippen LogP) is 1.58. The second kappa shape index (κ2) is 3.35. The first-order valence-electron chi connectivity index (χ1n) is 3.91. The molecule has 1 aromatic heterocycles. The number of hydrogen-bond donors (Lipinski definition) is 0. The zero-order valence-electron chi connectivity index (χ0n) is 6.89. The van der Waals surface area contributed by atoms with Gasteiger partial charge in [-0.3, -0.25) is 4.99 Å². The van der Waals surface area contributed by atoms with Gasteiger partial charge in [-0.25, -0.2) is 9.37 Å². The van der Waals surface area contributed by atoms with E-state index < -0.39 is 0 Å². The maximum atomic E-state index is 12.5. The number of halogens is 1. The highest BCUT2D eigenvalue weighted by Gasteiger charge is 2.04. The molecule has 0 spiro atoms. The molecule has 1 aliphatic heterocycles. The molecule has 0 atom stereocenters. The first kappa shape index (κ1) is 7.91. The van der Waals surface area contributed by atoms with Crippen molar-refractivity contribution in [1.82, 2.24) is 4.98 Å². The van der Waals surface area contributed by atoms with E-state index in [1.807, 2.05) is 17.2 Å². The van der Waals surface area contributed by atoms with Gasteiger partial charge in [-0.15, -0.1) is 0 Å². The minimum Gasteiger partial charge on any atom is -0.313 e. The second-order valence-electron chi connectivity index (χ2n) is 2.62. The third kappa shape index (κ3) is 1.72. The van der Waals surface area contributed by atoms with E-state index in [0.717, 1.165) is 0 Å². The number of aliphatic imine (C=N–C) groups is 1. The molecule has 13 heavy (non-hydrogen) atoms. The molecule has 0 aliphatic carbocycles. The van der Waals surface area contributed by atoms with Crippen LogP contribution in [0.5, 0.6) is 0 Å². The normalized spacial score (nSPS) is 15.0. The molecule has 0 amide bonds. The van der Waals surface area contributed by atoms with E-state index in [1.54, 1.807) is 12.3 Å². The van der Waals surface area contributed by atoms with Gasteiger partial charge in [0.1, 0.15) is 18.3 Å². The fourth-order valence-corrected chi connectivity index (χ4v) is 1.07. The van der Waals surface area contributed by atoms with Crippen LogP contribution in [-0.2, 0) is 0 Å². The number of anilines is 1. The molecule has 0 aromatic carbocycles. The van der Waals surface area contributed by atoms with Gasteiger partial charge in [0, 0.05) is 12.4 Å². The maximum Gasteiger partial charge on any atom is 0.141 e. The highest BCUT2D eigenvalue weighted by atomic mass is 19.1. The van der Waals surface area contributed by atoms with Crippen molar-refractivity contribution in [2.24, 2.45) is 4.99 Å². The Balaban J connectivity index is 2.21. The summed E-state index contributed by atoms with van der Waals surface area (Å²) in [5.41, 5.74) is 0. The van der Waals surface area contributed by atoms with Crippen molar-refractivity contribution in [3.05, 3.63) is 36.4 Å². The number of pyridine rings is 1. The molecule has 1 aliphatic rings. The van der Waals surface area contributed by atoms with Crippen LogP contribution in [0.2, 0.25) is 0 Å². The smallest absolute Gasteiger partial charge is 0.141 e. The molecule has 0 N–H and O–H groups in total. The molecule has 4 heteroatoms. The van der Waals surface area contributed by atoms with Crippen molar-refractivity contribution in [3.63, 3.8) is 0 Å². The van der Waals surface area contributed by atoms with Crippen LogP contribution < -0.4 is 4.90 Å². The predicted molar refractivity (Wildman–Crippen MR) is 49.2 cm³/mol. The Morgan fingerprint density at radius 2 is 2.31 bits per heavy atom. The lowest BCUT2D eigenvalue weighted by molar-refractivity contribution is 0.621. The van der Waals surface area contributed by atoms with E-state index in [4.69, 9.17) is 0 Å². The van der Waals surface area contributed by atoms with E-state index in [0.29, 0.717) is 12.5 Å². The van der Waals surface area contributed by atoms with Gasteiger partial charge in [0.2, 0.25) is 0 Å². The molecular formula is C9H8FN3. The fraction of sp³-hybridized carbons (Fsp3) is 0.111. The lowest BCUT2D eigenvalue weighted by Gasteiger charge is -2.18. The first-order valence-corrected chi connectivity index (χ1v) is 3.91. The third-order valence-electron chi connectivity index (χ3n) is 1.70. The van der Waals surface area contributed by atoms with Crippen LogP contribution >= 0.6 is 0 Å². The molecule has 66 valence electrons. The zero-order valence-corrected chi connectivity index (χ0v) is 6.89. The van der Waals surface area contributed by atoms with Gasteiger partial charge in [0.25, 0.3) is 0 Å². The Morgan fingerprint density at radius 1 is 1.38 bits per heavy atom. The van der Waals surface area contributed by atoms with Crippen LogP contribution in [0.1, 0.15) is 0 Å². The number of allylic oxidation sites excluding steroid dienone is 1. The fourth-order valence-electron chi connectivity index (χ4n) is 1.07. The van der Waals surface area contributed by atoms with Crippen LogP contribution in [0.15, 0.2) is 35.6 Å². The summed E-state index contributed by atoms with van der Waals surface area (Å²) in [6, 6.07) is 3.01. The molecule has 2 rings (SSSR count). The van der Waals surface area contributed by atoms with Crippen molar-refractivity contribution in [2.45, 2.75) is 0 Å². The first-order chi connectivity index (χ1) is 6.36. The van der Waals surface area contributed by atoms with Crippen LogP contribution in [0.25, 0.3) is 0 Å². The topological polar surface area (TPSA) is 28.5 Å². The summed E-state index contributed by atoms with van der Waals surface area (Å²) in [5.74, 6) is 0.378. The van der Waals surface area contributed by atoms with E-state index in [-0.39, 0.29) is 5.82 Å². The van der Waals surface area contributed by atoms with Crippen molar-refractivity contribution in [3.8, 4) is 0 Å². The van der Waals surface area contributed by atoms with Gasteiger partial charge in [0.15, 0.2) is 0 Å². The summed E-state index contributed by atoms with van der Waals surface area (Å²) in [4.78, 5) is 9.80. The SMILES string of the molecule is Fc1ccc(N2C=CC=NC2)nc1. The zero-order chi connectivity index (χ0) is 9.10. The molecule has 0 saturated carbocycles. The molecule has 0 radical (unpaired) electrons. The van der Waals surface area contributed by atoms with Crippen molar-refractivity contribution >= 4 is 12.0 Å². The summed E-state index contributed by atoms with van der Waals surface area (Å²) in [6.45, 7) is 0.537. The monoisotopic (exact) mass is 177 g/mol. The van der Waals surface area contributed by atoms with Gasteiger partial charge in [0.05, 0.1) is 6.20 Å². The van der Waals surface area contributed by atoms with E-state index in [2.05, 4.69) is 9.98 Å². The largest absolute Gasteiger partial charge is 0.313 e. The lowest BCUT2D eigenvalue weighted by Crippen LogP contribution is -2.19. The van der Waals surface area contributed by atoms with Crippen LogP contribution in [-0.4, -0.2) is 17.9 Å². The molecule has 3 nitrogen and oxygen atoms in total. The Hall–Kier alpha value is -1.71. The summed E-state index contributed by atoms with van der Waals surface area (Å²) in [5, 5.41) is 0. The molecule has 0 unspecified atom stereocenters. The van der Waals surface area contributed by atoms with E-state index in [9.17, 15) is 4.39 Å². The number of hydrogen-bond acceptors (Lipinski definition) is 3. The average molecular weight is 177 g/mol. The Morgan fingerprint density at radius 3 is 2.92 bits per heavy atom. The minimum absolute atomic E-state index is 0.326. The second-order valence-corrected chi connectivity index (χ2v) is 2.62. The number of rotatable bonds is 1. The van der Waals surface area contributed by atoms with E-state index >= 15 is 0 Å². The molecule has 0 bridgehead atoms. The van der Waals surface area contributed by atoms with Gasteiger partial charge < -0.3 is 4.90 Å². The van der Waals surface area contributed by atoms with Crippen LogP contribution in [0.4, 0.5) is 10.2 Å². The summed E-state index contributed by atoms with van der Waals surface area (Å²) in [6.07, 6.45) is 6.59. The van der Waals surface area contributed by atoms with Crippen LogP contribution in [0.3, 0.4) is 0 Å². The van der Waals surface area contributed by atoms with Crippen molar-refractivity contribution in [1.29, 1.82) is 0 Å². The summed E-state index contributed by atoms with van der Waals surface area (Å²) in [7, 11) is 0. The summed E-state index contributed by atoms with van der Waals surface area (Å²) < 4.78 is 12.5. The van der Waals surface area contributed by atoms with Gasteiger partial charge in [-0.1, -0.05) is 0 Å². The number of nitrogens with zero attached hydrogens (tertiary/aromatic N) is 3. The Bertz CT molecular complexity index is 342. The summed E-state index contributed by atoms with van der Waals surface area (Å²) >= 11 is 0. The van der Waals surface area contributed by atoms with Gasteiger partial charge in [-0.2, -0.15) is 0 Å². The average Bonchev–Trinajstić information content (AvgIpc) is 2.20. The van der Waals surface area contributed by atoms with Crippen LogP contribution in [0, 0.1) is 5.82 Å². The lowest BCUT2D eigenvalue weighted by atomic mass is 10.4. The standard InChI is InChI=1S/C9H8FN3/c10-8-2-3-9(12-6-8)13-5-1-4-11-7-13/h1-6H,7H2. The maximum absolute atomic E-state index is 12.5. The quantitative estimate of drug-likeness (QED) is 0.651. The highest BCUT2D eigenvalue weighted by molar-refractivity contribution is 5.73. The highest BCUT2D eigenvalue weighted by Crippen LogP contribution is 2.12. The minimum atomic E-state index is -0.326. The van der Waals surface area contributed by atoms with Gasteiger partial charge in [-0.05, 0) is 18.2 Å². The molecule has 0 fully saturated rings. The molecular weight excluding hydrogens is 169 g/mol. The molecule has 1 aromatic rings. The number of aromatic nitrogens is 1. The van der Waals surface area contributed by atoms with Crippen molar-refractivity contribution < 1.29 is 4.39 Å². The Kier molecular flexibility index (Phi) is 2.04. The van der Waals surface area contributed by atoms with Gasteiger partial charge >= 0.3 is 0 Å². The molecule has 0 saturated heterocycles. The van der Waals surface area contributed by atoms with E-state index in [1.165, 1.54) is 12.3 Å². The molecule has 2 heterocycles. The third-order valence-corrected chi connectivity index (χ3v) is 1.70.